The van der Waals surface area contributed by atoms with Gasteiger partial charge in [-0.2, -0.15) is 0 Å². The maximum atomic E-state index is 11.6. The minimum atomic E-state index is -1.07. The Bertz CT molecular complexity index is 554. The smallest absolute Gasteiger partial charge is 0.303 e. The lowest BCUT2D eigenvalue weighted by Gasteiger charge is -2.23. The number of carboxylic acids is 3. The fourth-order valence-electron chi connectivity index (χ4n) is 2.32. The van der Waals surface area contributed by atoms with Gasteiger partial charge in [-0.15, -0.1) is 0 Å². The number of nitrogens with zero attached hydrogens (tertiary/aromatic N) is 1. The molecule has 0 rings (SSSR count). The van der Waals surface area contributed by atoms with Crippen LogP contribution in [0.3, 0.4) is 0 Å². The van der Waals surface area contributed by atoms with Crippen LogP contribution in [0.4, 0.5) is 0 Å². The number of hydrogen-bond donors (Lipinski definition) is 6. The Balaban J connectivity index is 4.39. The molecule has 0 aliphatic carbocycles. The molecule has 31 heavy (non-hydrogen) atoms. The normalized spacial score (nSPS) is 10.4. The van der Waals surface area contributed by atoms with E-state index in [-0.39, 0.29) is 58.2 Å². The van der Waals surface area contributed by atoms with Crippen molar-refractivity contribution in [2.24, 2.45) is 0 Å². The molecule has 0 fully saturated rings. The second-order valence-corrected chi connectivity index (χ2v) is 6.57. The number of carboxylic acid groups (broad SMARTS) is 3. The quantitative estimate of drug-likeness (QED) is 0.140. The fraction of sp³-hybridized carbons (Fsp3) is 0.667. The van der Waals surface area contributed by atoms with Gasteiger partial charge in [0.05, 0.1) is 19.3 Å². The molecule has 0 atom stereocenters. The maximum absolute atomic E-state index is 11.6. The van der Waals surface area contributed by atoms with Crippen LogP contribution >= 0.6 is 0 Å². The van der Waals surface area contributed by atoms with Crippen LogP contribution in [0.1, 0.15) is 38.5 Å². The van der Waals surface area contributed by atoms with Crippen molar-refractivity contribution in [3.05, 3.63) is 0 Å². The first-order valence-corrected chi connectivity index (χ1v) is 9.78. The van der Waals surface area contributed by atoms with Crippen LogP contribution < -0.4 is 16.0 Å². The molecule has 0 aliphatic heterocycles. The Morgan fingerprint density at radius 3 is 0.968 bits per heavy atom. The van der Waals surface area contributed by atoms with E-state index in [9.17, 15) is 28.8 Å². The lowest BCUT2D eigenvalue weighted by Crippen LogP contribution is -2.43. The van der Waals surface area contributed by atoms with E-state index in [0.717, 1.165) is 0 Å². The van der Waals surface area contributed by atoms with Crippen molar-refractivity contribution in [1.29, 1.82) is 0 Å². The summed E-state index contributed by atoms with van der Waals surface area (Å²) >= 11 is 0. The molecule has 3 amide bonds. The van der Waals surface area contributed by atoms with Gasteiger partial charge in [-0.3, -0.25) is 33.7 Å². The summed E-state index contributed by atoms with van der Waals surface area (Å²) in [6, 6.07) is 0. The molecule has 0 radical (unpaired) electrons. The predicted molar refractivity (Wildman–Crippen MR) is 106 cm³/mol. The van der Waals surface area contributed by atoms with Crippen molar-refractivity contribution < 1.29 is 44.1 Å². The van der Waals surface area contributed by atoms with E-state index in [2.05, 4.69) is 16.0 Å². The third kappa shape index (κ3) is 18.5. The number of carbonyl (C=O) groups is 6. The van der Waals surface area contributed by atoms with Crippen LogP contribution in [-0.4, -0.2) is 95.1 Å². The lowest BCUT2D eigenvalue weighted by molar-refractivity contribution is -0.139. The Labute approximate surface area is 179 Å². The van der Waals surface area contributed by atoms with Crippen molar-refractivity contribution in [3.8, 4) is 0 Å². The molecule has 0 aliphatic rings. The van der Waals surface area contributed by atoms with Gasteiger partial charge in [0.15, 0.2) is 0 Å². The van der Waals surface area contributed by atoms with Crippen LogP contribution in [0.25, 0.3) is 0 Å². The second kappa shape index (κ2) is 16.6. The summed E-state index contributed by atoms with van der Waals surface area (Å²) in [7, 11) is 0. The lowest BCUT2D eigenvalue weighted by atomic mass is 10.3. The van der Waals surface area contributed by atoms with E-state index in [0.29, 0.717) is 19.6 Å². The average molecular weight is 446 g/mol. The standard InChI is InChI=1S/C18H30N4O9/c23-13(1-4-16(26)27)19-7-10-22(11-8-20-14(24)2-5-17(28)29)12-9-21-15(25)3-6-18(30)31/h1-12H2,(H,19,23)(H,20,24)(H,21,25)(H,26,27)(H,28,29)(H,30,31). The molecule has 6 N–H and O–H groups in total. The molecule has 0 aromatic heterocycles. The highest BCUT2D eigenvalue weighted by Crippen LogP contribution is 1.93. The molecule has 0 saturated heterocycles. The van der Waals surface area contributed by atoms with Gasteiger partial charge in [0.2, 0.25) is 17.7 Å². The first-order valence-electron chi connectivity index (χ1n) is 9.78. The highest BCUT2D eigenvalue weighted by atomic mass is 16.4. The van der Waals surface area contributed by atoms with E-state index in [1.54, 1.807) is 0 Å². The Morgan fingerprint density at radius 2 is 0.742 bits per heavy atom. The molecular formula is C18H30N4O9. The van der Waals surface area contributed by atoms with Crippen molar-refractivity contribution >= 4 is 35.6 Å². The molecular weight excluding hydrogens is 416 g/mol. The third-order valence-electron chi connectivity index (χ3n) is 3.95. The van der Waals surface area contributed by atoms with Gasteiger partial charge in [0, 0.05) is 58.5 Å². The van der Waals surface area contributed by atoms with Crippen LogP contribution in [-0.2, 0) is 28.8 Å². The summed E-state index contributed by atoms with van der Waals surface area (Å²) in [6.45, 7) is 1.73. The Kier molecular flexibility index (Phi) is 14.8. The van der Waals surface area contributed by atoms with E-state index in [4.69, 9.17) is 15.3 Å². The van der Waals surface area contributed by atoms with Gasteiger partial charge in [-0.05, 0) is 0 Å². The fourth-order valence-corrected chi connectivity index (χ4v) is 2.32. The van der Waals surface area contributed by atoms with Crippen LogP contribution in [0.2, 0.25) is 0 Å². The van der Waals surface area contributed by atoms with Crippen molar-refractivity contribution in [1.82, 2.24) is 20.9 Å². The van der Waals surface area contributed by atoms with Gasteiger partial charge in [0.1, 0.15) is 0 Å². The van der Waals surface area contributed by atoms with Crippen molar-refractivity contribution in [2.45, 2.75) is 38.5 Å². The molecule has 0 heterocycles. The molecule has 0 unspecified atom stereocenters. The first kappa shape index (κ1) is 27.8. The zero-order chi connectivity index (χ0) is 23.6. The molecule has 13 nitrogen and oxygen atoms in total. The summed E-state index contributed by atoms with van der Waals surface area (Å²) in [5, 5.41) is 33.5. The van der Waals surface area contributed by atoms with Crippen molar-refractivity contribution in [3.63, 3.8) is 0 Å². The van der Waals surface area contributed by atoms with Gasteiger partial charge >= 0.3 is 17.9 Å². The number of aliphatic carboxylic acids is 3. The highest BCUT2D eigenvalue weighted by Gasteiger charge is 2.11. The topological polar surface area (TPSA) is 202 Å². The number of nitrogens with one attached hydrogen (secondary N) is 3. The van der Waals surface area contributed by atoms with Gasteiger partial charge < -0.3 is 31.3 Å². The third-order valence-corrected chi connectivity index (χ3v) is 3.95. The van der Waals surface area contributed by atoms with Crippen LogP contribution in [0, 0.1) is 0 Å². The summed E-state index contributed by atoms with van der Waals surface area (Å²) in [4.78, 5) is 68.0. The summed E-state index contributed by atoms with van der Waals surface area (Å²) < 4.78 is 0. The number of hydrogen-bond acceptors (Lipinski definition) is 7. The Hall–Kier alpha value is -3.22. The molecule has 0 saturated carbocycles. The minimum Gasteiger partial charge on any atom is -0.481 e. The monoisotopic (exact) mass is 446 g/mol. The SMILES string of the molecule is O=C(O)CCC(=O)NCCN(CCNC(=O)CCC(=O)O)CCNC(=O)CCC(=O)O. The second-order valence-electron chi connectivity index (χ2n) is 6.57. The zero-order valence-corrected chi connectivity index (χ0v) is 17.2. The average Bonchev–Trinajstić information content (AvgIpc) is 2.68. The summed E-state index contributed by atoms with van der Waals surface area (Å²) in [5.41, 5.74) is 0. The first-order chi connectivity index (χ1) is 14.6. The molecule has 0 bridgehead atoms. The molecule has 0 spiro atoms. The van der Waals surface area contributed by atoms with Gasteiger partial charge in [-0.25, -0.2) is 0 Å². The van der Waals surface area contributed by atoms with Crippen molar-refractivity contribution in [2.75, 3.05) is 39.3 Å². The zero-order valence-electron chi connectivity index (χ0n) is 17.2. The number of rotatable bonds is 18. The highest BCUT2D eigenvalue weighted by molar-refractivity contribution is 5.81. The number of carbonyl (C=O) groups excluding carboxylic acids is 3. The predicted octanol–water partition coefficient (Wildman–Crippen LogP) is -1.77. The summed E-state index contributed by atoms with van der Waals surface area (Å²) in [6.07, 6.45) is -1.27. The van der Waals surface area contributed by atoms with Gasteiger partial charge in [-0.1, -0.05) is 0 Å². The van der Waals surface area contributed by atoms with Gasteiger partial charge in [0.25, 0.3) is 0 Å². The summed E-state index contributed by atoms with van der Waals surface area (Å²) in [5.74, 6) is -4.46. The molecule has 0 aromatic rings. The van der Waals surface area contributed by atoms with E-state index >= 15 is 0 Å². The molecule has 13 heteroatoms. The van der Waals surface area contributed by atoms with E-state index < -0.39 is 35.6 Å². The van der Waals surface area contributed by atoms with E-state index in [1.165, 1.54) is 0 Å². The minimum absolute atomic E-state index is 0.144. The largest absolute Gasteiger partial charge is 0.481 e. The van der Waals surface area contributed by atoms with Crippen LogP contribution in [0.5, 0.6) is 0 Å². The molecule has 0 aromatic carbocycles. The maximum Gasteiger partial charge on any atom is 0.303 e. The van der Waals surface area contributed by atoms with Crippen LogP contribution in [0.15, 0.2) is 0 Å². The molecule has 176 valence electrons. The van der Waals surface area contributed by atoms with E-state index in [1.807, 2.05) is 4.90 Å². The Morgan fingerprint density at radius 1 is 0.484 bits per heavy atom. The number of amides is 3.